The van der Waals surface area contributed by atoms with Crippen molar-refractivity contribution in [1.29, 1.82) is 0 Å². The van der Waals surface area contributed by atoms with Crippen LogP contribution in [-0.2, 0) is 11.3 Å². The molecule has 2 heterocycles. The molecule has 0 aromatic carbocycles. The van der Waals surface area contributed by atoms with Gasteiger partial charge >= 0.3 is 0 Å². The lowest BCUT2D eigenvalue weighted by atomic mass is 10.3. The zero-order valence-corrected chi connectivity index (χ0v) is 7.49. The summed E-state index contributed by atoms with van der Waals surface area (Å²) in [6, 6.07) is 0. The molecule has 0 saturated carbocycles. The molecule has 1 aromatic heterocycles. The van der Waals surface area contributed by atoms with E-state index in [9.17, 15) is 0 Å². The van der Waals surface area contributed by atoms with E-state index in [0.717, 1.165) is 38.4 Å². The zero-order valence-electron chi connectivity index (χ0n) is 7.49. The Morgan fingerprint density at radius 3 is 2.92 bits per heavy atom. The van der Waals surface area contributed by atoms with Crippen LogP contribution >= 0.6 is 0 Å². The van der Waals surface area contributed by atoms with Crippen molar-refractivity contribution >= 4 is 5.82 Å². The van der Waals surface area contributed by atoms with Crippen LogP contribution in [0.3, 0.4) is 0 Å². The first-order chi connectivity index (χ1) is 6.36. The molecule has 0 bridgehead atoms. The summed E-state index contributed by atoms with van der Waals surface area (Å²) in [5, 5.41) is 6.61. The van der Waals surface area contributed by atoms with Gasteiger partial charge in [0, 0.05) is 25.2 Å². The molecule has 1 aromatic rings. The molecule has 0 atom stereocenters. The van der Waals surface area contributed by atoms with Crippen LogP contribution in [0.4, 0.5) is 5.82 Å². The van der Waals surface area contributed by atoms with Crippen molar-refractivity contribution in [2.24, 2.45) is 0 Å². The van der Waals surface area contributed by atoms with Gasteiger partial charge in [-0.2, -0.15) is 5.10 Å². The molecule has 0 unspecified atom stereocenters. The van der Waals surface area contributed by atoms with E-state index < -0.39 is 0 Å². The fourth-order valence-corrected chi connectivity index (χ4v) is 1.45. The van der Waals surface area contributed by atoms with Crippen molar-refractivity contribution < 1.29 is 4.74 Å². The topological polar surface area (TPSA) is 67.2 Å². The number of anilines is 1. The van der Waals surface area contributed by atoms with Crippen LogP contribution in [0.5, 0.6) is 0 Å². The lowest BCUT2D eigenvalue weighted by Crippen LogP contribution is -2.35. The van der Waals surface area contributed by atoms with Crippen molar-refractivity contribution in [2.75, 3.05) is 32.0 Å². The predicted molar refractivity (Wildman–Crippen MR) is 49.1 cm³/mol. The number of nitrogens with zero attached hydrogens (tertiary/aromatic N) is 2. The Kier molecular flexibility index (Phi) is 2.47. The van der Waals surface area contributed by atoms with Gasteiger partial charge in [-0.3, -0.25) is 10.00 Å². The molecule has 1 aliphatic heterocycles. The number of ether oxygens (including phenoxy) is 1. The van der Waals surface area contributed by atoms with E-state index >= 15 is 0 Å². The standard InChI is InChI=1S/C8H14N4O/c9-8-7(5-10-11-8)6-12-1-3-13-4-2-12/h5H,1-4,6H2,(H3,9,10,11). The highest BCUT2D eigenvalue weighted by Gasteiger charge is 2.12. The maximum Gasteiger partial charge on any atom is 0.123 e. The van der Waals surface area contributed by atoms with Gasteiger partial charge in [-0.05, 0) is 0 Å². The first-order valence-corrected chi connectivity index (χ1v) is 4.44. The highest BCUT2D eigenvalue weighted by molar-refractivity contribution is 5.36. The van der Waals surface area contributed by atoms with Crippen LogP contribution < -0.4 is 5.73 Å². The number of nitrogen functional groups attached to an aromatic ring is 1. The van der Waals surface area contributed by atoms with Crippen LogP contribution in [0.2, 0.25) is 0 Å². The molecular weight excluding hydrogens is 168 g/mol. The second-order valence-electron chi connectivity index (χ2n) is 3.20. The van der Waals surface area contributed by atoms with Crippen molar-refractivity contribution in [3.8, 4) is 0 Å². The minimum atomic E-state index is 0.673. The fraction of sp³-hybridized carbons (Fsp3) is 0.625. The molecule has 13 heavy (non-hydrogen) atoms. The Bertz CT molecular complexity index is 267. The summed E-state index contributed by atoms with van der Waals surface area (Å²) in [5.74, 6) is 0.673. The number of aromatic nitrogens is 2. The number of hydrogen-bond donors (Lipinski definition) is 2. The van der Waals surface area contributed by atoms with Gasteiger partial charge in [0.15, 0.2) is 0 Å². The quantitative estimate of drug-likeness (QED) is 0.666. The molecule has 1 saturated heterocycles. The van der Waals surface area contributed by atoms with E-state index in [1.807, 2.05) is 0 Å². The highest BCUT2D eigenvalue weighted by Crippen LogP contribution is 2.10. The van der Waals surface area contributed by atoms with Gasteiger partial charge < -0.3 is 10.5 Å². The van der Waals surface area contributed by atoms with Gasteiger partial charge in [0.25, 0.3) is 0 Å². The van der Waals surface area contributed by atoms with E-state index in [-0.39, 0.29) is 0 Å². The summed E-state index contributed by atoms with van der Waals surface area (Å²) < 4.78 is 5.25. The Morgan fingerprint density at radius 1 is 1.54 bits per heavy atom. The van der Waals surface area contributed by atoms with Crippen molar-refractivity contribution in [3.05, 3.63) is 11.8 Å². The summed E-state index contributed by atoms with van der Waals surface area (Å²) in [7, 11) is 0. The van der Waals surface area contributed by atoms with E-state index in [1.54, 1.807) is 6.20 Å². The van der Waals surface area contributed by atoms with E-state index in [2.05, 4.69) is 15.1 Å². The van der Waals surface area contributed by atoms with Crippen molar-refractivity contribution in [1.82, 2.24) is 15.1 Å². The first-order valence-electron chi connectivity index (χ1n) is 4.44. The number of rotatable bonds is 2. The van der Waals surface area contributed by atoms with Gasteiger partial charge in [0.1, 0.15) is 5.82 Å². The normalized spacial score (nSPS) is 19.1. The minimum absolute atomic E-state index is 0.673. The first kappa shape index (κ1) is 8.52. The van der Waals surface area contributed by atoms with Crippen LogP contribution in [0.1, 0.15) is 5.56 Å². The highest BCUT2D eigenvalue weighted by atomic mass is 16.5. The summed E-state index contributed by atoms with van der Waals surface area (Å²) in [6.07, 6.45) is 1.78. The summed E-state index contributed by atoms with van der Waals surface area (Å²) in [5.41, 5.74) is 6.75. The molecule has 0 radical (unpaired) electrons. The summed E-state index contributed by atoms with van der Waals surface area (Å²) in [4.78, 5) is 2.31. The Balaban J connectivity index is 1.93. The van der Waals surface area contributed by atoms with Crippen LogP contribution in [0.25, 0.3) is 0 Å². The SMILES string of the molecule is Nc1[nH]ncc1CN1CCOCC1. The molecule has 0 amide bonds. The van der Waals surface area contributed by atoms with Crippen LogP contribution in [0.15, 0.2) is 6.20 Å². The molecule has 2 rings (SSSR count). The van der Waals surface area contributed by atoms with Crippen LogP contribution in [-0.4, -0.2) is 41.4 Å². The smallest absolute Gasteiger partial charge is 0.123 e. The van der Waals surface area contributed by atoms with Gasteiger partial charge in [0.2, 0.25) is 0 Å². The molecule has 0 spiro atoms. The number of hydrogen-bond acceptors (Lipinski definition) is 4. The van der Waals surface area contributed by atoms with Gasteiger partial charge in [-0.25, -0.2) is 0 Å². The molecule has 1 aliphatic rings. The van der Waals surface area contributed by atoms with Crippen molar-refractivity contribution in [3.63, 3.8) is 0 Å². The number of morpholine rings is 1. The van der Waals surface area contributed by atoms with Crippen molar-refractivity contribution in [2.45, 2.75) is 6.54 Å². The maximum atomic E-state index is 5.68. The second kappa shape index (κ2) is 3.76. The molecule has 5 nitrogen and oxygen atoms in total. The number of aromatic amines is 1. The van der Waals surface area contributed by atoms with Gasteiger partial charge in [-0.1, -0.05) is 0 Å². The third kappa shape index (κ3) is 1.99. The molecule has 5 heteroatoms. The maximum absolute atomic E-state index is 5.68. The predicted octanol–water partition coefficient (Wildman–Crippen LogP) is -0.176. The summed E-state index contributed by atoms with van der Waals surface area (Å²) in [6.45, 7) is 4.45. The Hall–Kier alpha value is -1.07. The Morgan fingerprint density at radius 2 is 2.31 bits per heavy atom. The minimum Gasteiger partial charge on any atom is -0.384 e. The zero-order chi connectivity index (χ0) is 9.10. The largest absolute Gasteiger partial charge is 0.384 e. The fourth-order valence-electron chi connectivity index (χ4n) is 1.45. The van der Waals surface area contributed by atoms with Gasteiger partial charge in [0.05, 0.1) is 19.4 Å². The molecular formula is C8H14N4O. The number of nitrogens with one attached hydrogen (secondary N) is 1. The Labute approximate surface area is 76.9 Å². The second-order valence-corrected chi connectivity index (χ2v) is 3.20. The molecule has 1 fully saturated rings. The molecule has 0 aliphatic carbocycles. The average molecular weight is 182 g/mol. The number of H-pyrrole nitrogens is 1. The van der Waals surface area contributed by atoms with E-state index in [0.29, 0.717) is 5.82 Å². The van der Waals surface area contributed by atoms with Crippen LogP contribution in [0, 0.1) is 0 Å². The van der Waals surface area contributed by atoms with Gasteiger partial charge in [-0.15, -0.1) is 0 Å². The van der Waals surface area contributed by atoms with E-state index in [1.165, 1.54) is 0 Å². The average Bonchev–Trinajstić information content (AvgIpc) is 2.54. The number of nitrogens with two attached hydrogens (primary N) is 1. The molecule has 72 valence electrons. The summed E-state index contributed by atoms with van der Waals surface area (Å²) >= 11 is 0. The third-order valence-electron chi connectivity index (χ3n) is 2.25. The molecule has 3 N–H and O–H groups in total. The lowest BCUT2D eigenvalue weighted by Gasteiger charge is -2.26. The van der Waals surface area contributed by atoms with E-state index in [4.69, 9.17) is 10.5 Å². The monoisotopic (exact) mass is 182 g/mol. The third-order valence-corrected chi connectivity index (χ3v) is 2.25. The lowest BCUT2D eigenvalue weighted by molar-refractivity contribution is 0.0343.